The van der Waals surface area contributed by atoms with Gasteiger partial charge < -0.3 is 5.11 Å². The predicted octanol–water partition coefficient (Wildman–Crippen LogP) is 3.81. The molecule has 0 saturated heterocycles. The Hall–Kier alpha value is -0.810. The van der Waals surface area contributed by atoms with Gasteiger partial charge in [-0.05, 0) is 49.9 Å². The summed E-state index contributed by atoms with van der Waals surface area (Å²) < 4.78 is 0. The minimum Gasteiger partial charge on any atom is -0.393 e. The second kappa shape index (κ2) is 5.23. The lowest BCUT2D eigenvalue weighted by Gasteiger charge is -2.42. The zero-order valence-electron chi connectivity index (χ0n) is 11.4. The van der Waals surface area contributed by atoms with Gasteiger partial charge in [0.2, 0.25) is 0 Å². The zero-order valence-corrected chi connectivity index (χ0v) is 11.4. The number of aliphatic hydroxyl groups excluding tert-OH is 1. The van der Waals surface area contributed by atoms with Gasteiger partial charge >= 0.3 is 0 Å². The third-order valence-corrected chi connectivity index (χ3v) is 4.85. The van der Waals surface area contributed by atoms with E-state index >= 15 is 0 Å². The van der Waals surface area contributed by atoms with Crippen molar-refractivity contribution in [2.45, 2.75) is 65.4 Å². The lowest BCUT2D eigenvalue weighted by molar-refractivity contribution is -0.0100. The molecule has 1 aliphatic rings. The number of nitriles is 1. The van der Waals surface area contributed by atoms with Gasteiger partial charge in [0.05, 0.1) is 12.2 Å². The van der Waals surface area contributed by atoms with Gasteiger partial charge in [-0.15, -0.1) is 6.58 Å². The third-order valence-electron chi connectivity index (χ3n) is 4.85. The summed E-state index contributed by atoms with van der Waals surface area (Å²) in [5, 5.41) is 19.2. The van der Waals surface area contributed by atoms with Crippen LogP contribution >= 0.6 is 0 Å². The number of rotatable bonds is 5. The van der Waals surface area contributed by atoms with Crippen LogP contribution in [-0.2, 0) is 0 Å². The van der Waals surface area contributed by atoms with Crippen molar-refractivity contribution in [1.29, 1.82) is 5.26 Å². The van der Waals surface area contributed by atoms with Crippen LogP contribution in [0.1, 0.15) is 59.3 Å². The van der Waals surface area contributed by atoms with E-state index in [0.29, 0.717) is 6.42 Å². The number of allylic oxidation sites excluding steroid dienone is 1. The first-order valence-corrected chi connectivity index (χ1v) is 6.55. The molecule has 1 rings (SSSR count). The molecular weight excluding hydrogens is 210 g/mol. The van der Waals surface area contributed by atoms with E-state index in [1.54, 1.807) is 0 Å². The number of nitrogens with zero attached hydrogens (tertiary/aromatic N) is 1. The first-order chi connectivity index (χ1) is 7.85. The maximum Gasteiger partial charge on any atom is 0.0627 e. The van der Waals surface area contributed by atoms with Crippen LogP contribution in [-0.4, -0.2) is 11.2 Å². The van der Waals surface area contributed by atoms with Crippen LogP contribution in [0, 0.1) is 22.2 Å². The Balaban J connectivity index is 2.74. The molecule has 96 valence electrons. The fraction of sp³-hybridized carbons (Fsp3) is 0.800. The van der Waals surface area contributed by atoms with E-state index in [-0.39, 0.29) is 16.9 Å². The van der Waals surface area contributed by atoms with Gasteiger partial charge in [-0.3, -0.25) is 0 Å². The maximum absolute atomic E-state index is 10.2. The normalized spacial score (nSPS) is 36.8. The summed E-state index contributed by atoms with van der Waals surface area (Å²) in [5.74, 6) is 0. The summed E-state index contributed by atoms with van der Waals surface area (Å²) in [4.78, 5) is 0. The van der Waals surface area contributed by atoms with Crippen LogP contribution in [0.3, 0.4) is 0 Å². The lowest BCUT2D eigenvalue weighted by atomic mass is 9.63. The zero-order chi connectivity index (χ0) is 13.1. The van der Waals surface area contributed by atoms with E-state index in [0.717, 1.165) is 32.1 Å². The van der Waals surface area contributed by atoms with Crippen LogP contribution in [0.5, 0.6) is 0 Å². The highest BCUT2D eigenvalue weighted by molar-refractivity contribution is 5.06. The minimum atomic E-state index is -0.258. The molecule has 0 aromatic carbocycles. The smallest absolute Gasteiger partial charge is 0.0627 e. The van der Waals surface area contributed by atoms with Crippen LogP contribution in [0.2, 0.25) is 0 Å². The first-order valence-electron chi connectivity index (χ1n) is 6.55. The molecule has 3 atom stereocenters. The Bertz CT molecular complexity index is 330. The van der Waals surface area contributed by atoms with E-state index < -0.39 is 0 Å². The van der Waals surface area contributed by atoms with Gasteiger partial charge in [-0.25, -0.2) is 0 Å². The molecule has 0 aromatic heterocycles. The van der Waals surface area contributed by atoms with Gasteiger partial charge in [0.25, 0.3) is 0 Å². The van der Waals surface area contributed by atoms with Crippen molar-refractivity contribution < 1.29 is 5.11 Å². The molecule has 1 aliphatic carbocycles. The highest BCUT2D eigenvalue weighted by Gasteiger charge is 2.53. The summed E-state index contributed by atoms with van der Waals surface area (Å²) in [5.41, 5.74) is 1.05. The summed E-state index contributed by atoms with van der Waals surface area (Å²) >= 11 is 0. The Morgan fingerprint density at radius 2 is 2.18 bits per heavy atom. The van der Waals surface area contributed by atoms with E-state index in [4.69, 9.17) is 5.26 Å². The van der Waals surface area contributed by atoms with E-state index in [1.807, 2.05) is 6.92 Å². The summed E-state index contributed by atoms with van der Waals surface area (Å²) in [6.45, 7) is 10.3. The Labute approximate surface area is 105 Å². The fourth-order valence-electron chi connectivity index (χ4n) is 3.15. The molecule has 2 heteroatoms. The molecule has 0 heterocycles. The Morgan fingerprint density at radius 3 is 2.71 bits per heavy atom. The predicted molar refractivity (Wildman–Crippen MR) is 70.3 cm³/mol. The highest BCUT2D eigenvalue weighted by atomic mass is 16.3. The molecule has 0 aromatic rings. The Morgan fingerprint density at radius 1 is 1.53 bits per heavy atom. The summed E-state index contributed by atoms with van der Waals surface area (Å²) in [6, 6.07) is 2.30. The first kappa shape index (κ1) is 14.3. The van der Waals surface area contributed by atoms with Crippen molar-refractivity contribution in [3.63, 3.8) is 0 Å². The fourth-order valence-corrected chi connectivity index (χ4v) is 3.15. The number of hydrogen-bond donors (Lipinski definition) is 1. The second-order valence-electron chi connectivity index (χ2n) is 6.18. The molecule has 1 N–H and O–H groups in total. The molecule has 1 saturated carbocycles. The average molecular weight is 235 g/mol. The van der Waals surface area contributed by atoms with Gasteiger partial charge in [0, 0.05) is 6.42 Å². The molecule has 0 spiro atoms. The van der Waals surface area contributed by atoms with Crippen molar-refractivity contribution >= 4 is 0 Å². The summed E-state index contributed by atoms with van der Waals surface area (Å²) in [7, 11) is 0. The standard InChI is InChI=1S/C15H25NO/c1-12(2)6-5-8-15(4)13(17)7-9-14(15,3)10-11-16/h13,17H,1,5-10H2,2-4H3/t13-,14+,15+/m1/s1. The van der Waals surface area contributed by atoms with Gasteiger partial charge in [0.15, 0.2) is 0 Å². The lowest BCUT2D eigenvalue weighted by Crippen LogP contribution is -2.39. The van der Waals surface area contributed by atoms with E-state index in [2.05, 4.69) is 26.5 Å². The molecule has 0 amide bonds. The van der Waals surface area contributed by atoms with Crippen molar-refractivity contribution in [1.82, 2.24) is 0 Å². The molecule has 0 aliphatic heterocycles. The molecule has 1 fully saturated rings. The maximum atomic E-state index is 10.2. The van der Waals surface area contributed by atoms with Gasteiger partial charge in [0.1, 0.15) is 0 Å². The van der Waals surface area contributed by atoms with Crippen LogP contribution < -0.4 is 0 Å². The topological polar surface area (TPSA) is 44.0 Å². The molecular formula is C15H25NO. The van der Waals surface area contributed by atoms with Crippen molar-refractivity contribution in [2.75, 3.05) is 0 Å². The summed E-state index contributed by atoms with van der Waals surface area (Å²) in [6.07, 6.45) is 5.15. The van der Waals surface area contributed by atoms with Crippen molar-refractivity contribution in [2.24, 2.45) is 10.8 Å². The van der Waals surface area contributed by atoms with E-state index in [1.165, 1.54) is 5.57 Å². The Kier molecular flexibility index (Phi) is 4.38. The largest absolute Gasteiger partial charge is 0.393 e. The molecule has 0 bridgehead atoms. The molecule has 17 heavy (non-hydrogen) atoms. The third kappa shape index (κ3) is 2.72. The monoisotopic (exact) mass is 235 g/mol. The molecule has 0 unspecified atom stereocenters. The van der Waals surface area contributed by atoms with Crippen molar-refractivity contribution in [3.8, 4) is 6.07 Å². The van der Waals surface area contributed by atoms with E-state index in [9.17, 15) is 5.11 Å². The second-order valence-corrected chi connectivity index (χ2v) is 6.18. The van der Waals surface area contributed by atoms with Crippen LogP contribution in [0.25, 0.3) is 0 Å². The molecule has 2 nitrogen and oxygen atoms in total. The average Bonchev–Trinajstić information content (AvgIpc) is 2.44. The van der Waals surface area contributed by atoms with Gasteiger partial charge in [-0.2, -0.15) is 5.26 Å². The van der Waals surface area contributed by atoms with Gasteiger partial charge in [-0.1, -0.05) is 19.4 Å². The minimum absolute atomic E-state index is 0.0315. The molecule has 0 radical (unpaired) electrons. The quantitative estimate of drug-likeness (QED) is 0.736. The number of hydrogen-bond acceptors (Lipinski definition) is 2. The number of aliphatic hydroxyl groups is 1. The van der Waals surface area contributed by atoms with Crippen molar-refractivity contribution in [3.05, 3.63) is 12.2 Å². The SMILES string of the molecule is C=C(C)CCC[C@@]1(C)[C@H](O)CC[C@@]1(C)CC#N. The highest BCUT2D eigenvalue weighted by Crippen LogP contribution is 2.57. The van der Waals surface area contributed by atoms with Crippen LogP contribution in [0.4, 0.5) is 0 Å². The van der Waals surface area contributed by atoms with Crippen LogP contribution in [0.15, 0.2) is 12.2 Å².